The van der Waals surface area contributed by atoms with Crippen LogP contribution < -0.4 is 15.4 Å². The Labute approximate surface area is 154 Å². The van der Waals surface area contributed by atoms with Crippen LogP contribution in [0.1, 0.15) is 42.5 Å². The van der Waals surface area contributed by atoms with E-state index in [1.165, 1.54) is 5.56 Å². The first-order chi connectivity index (χ1) is 12.7. The van der Waals surface area contributed by atoms with Gasteiger partial charge >= 0.3 is 0 Å². The molecule has 2 N–H and O–H groups in total. The van der Waals surface area contributed by atoms with Crippen molar-refractivity contribution in [1.29, 1.82) is 0 Å². The summed E-state index contributed by atoms with van der Waals surface area (Å²) >= 11 is 0. The van der Waals surface area contributed by atoms with Crippen LogP contribution in [-0.4, -0.2) is 34.4 Å². The number of guanidine groups is 1. The van der Waals surface area contributed by atoms with Crippen molar-refractivity contribution < 1.29 is 4.74 Å². The van der Waals surface area contributed by atoms with Crippen LogP contribution in [0, 0.1) is 6.92 Å². The van der Waals surface area contributed by atoms with E-state index in [9.17, 15) is 0 Å². The number of nitrogens with zero attached hydrogens (tertiary/aromatic N) is 4. The number of aromatic nitrogens is 3. The first-order valence-electron chi connectivity index (χ1n) is 9.29. The highest BCUT2D eigenvalue weighted by Crippen LogP contribution is 2.20. The van der Waals surface area contributed by atoms with E-state index in [1.54, 1.807) is 7.05 Å². The Balaban J connectivity index is 1.57. The number of aryl methyl sites for hydroxylation is 2. The zero-order valence-electron chi connectivity index (χ0n) is 15.9. The van der Waals surface area contributed by atoms with Crippen molar-refractivity contribution >= 4 is 5.96 Å². The molecule has 0 unspecified atom stereocenters. The van der Waals surface area contributed by atoms with Crippen molar-refractivity contribution in [1.82, 2.24) is 25.4 Å². The summed E-state index contributed by atoms with van der Waals surface area (Å²) in [6, 6.07) is 6.29. The average molecular weight is 356 g/mol. The van der Waals surface area contributed by atoms with Gasteiger partial charge in [0.2, 0.25) is 0 Å². The molecule has 2 aromatic rings. The van der Waals surface area contributed by atoms with Crippen molar-refractivity contribution in [3.63, 3.8) is 0 Å². The summed E-state index contributed by atoms with van der Waals surface area (Å²) in [7, 11) is 1.77. The highest BCUT2D eigenvalue weighted by molar-refractivity contribution is 5.79. The van der Waals surface area contributed by atoms with E-state index < -0.39 is 0 Å². The molecule has 0 bridgehead atoms. The molecule has 1 aliphatic rings. The van der Waals surface area contributed by atoms with Gasteiger partial charge in [-0.1, -0.05) is 19.1 Å². The molecule has 0 aliphatic carbocycles. The van der Waals surface area contributed by atoms with E-state index in [1.807, 2.05) is 0 Å². The molecule has 2 heterocycles. The molecule has 0 radical (unpaired) electrons. The normalized spacial score (nSPS) is 13.6. The fourth-order valence-electron chi connectivity index (χ4n) is 3.06. The van der Waals surface area contributed by atoms with Crippen LogP contribution >= 0.6 is 0 Å². The zero-order valence-corrected chi connectivity index (χ0v) is 15.9. The van der Waals surface area contributed by atoms with Gasteiger partial charge in [-0.05, 0) is 31.4 Å². The van der Waals surface area contributed by atoms with Crippen LogP contribution in [0.25, 0.3) is 0 Å². The summed E-state index contributed by atoms with van der Waals surface area (Å²) in [4.78, 5) is 4.30. The summed E-state index contributed by atoms with van der Waals surface area (Å²) in [5.41, 5.74) is 2.32. The summed E-state index contributed by atoms with van der Waals surface area (Å²) < 4.78 is 8.07. The summed E-state index contributed by atoms with van der Waals surface area (Å²) in [6.45, 7) is 7.18. The topological polar surface area (TPSA) is 76.4 Å². The fourth-order valence-corrected chi connectivity index (χ4v) is 3.06. The summed E-state index contributed by atoms with van der Waals surface area (Å²) in [5, 5.41) is 15.2. The summed E-state index contributed by atoms with van der Waals surface area (Å²) in [6.07, 6.45) is 3.17. The van der Waals surface area contributed by atoms with E-state index in [4.69, 9.17) is 4.74 Å². The first-order valence-corrected chi connectivity index (χ1v) is 9.29. The SMILES string of the molecule is CCCOc1cc(C)ccc1CNC(=NC)NCc1nnc2n1CCC2. The molecule has 26 heavy (non-hydrogen) atoms. The fraction of sp³-hybridized carbons (Fsp3) is 0.526. The van der Waals surface area contributed by atoms with Gasteiger partial charge in [-0.15, -0.1) is 10.2 Å². The van der Waals surface area contributed by atoms with E-state index in [0.717, 1.165) is 61.3 Å². The van der Waals surface area contributed by atoms with Gasteiger partial charge in [0.05, 0.1) is 13.2 Å². The zero-order chi connectivity index (χ0) is 18.4. The largest absolute Gasteiger partial charge is 0.493 e. The quantitative estimate of drug-likeness (QED) is 0.587. The van der Waals surface area contributed by atoms with Gasteiger partial charge in [0.15, 0.2) is 11.8 Å². The third kappa shape index (κ3) is 4.33. The lowest BCUT2D eigenvalue weighted by atomic mass is 10.1. The molecule has 3 rings (SSSR count). The minimum atomic E-state index is 0.611. The highest BCUT2D eigenvalue weighted by Gasteiger charge is 2.17. The maximum Gasteiger partial charge on any atom is 0.191 e. The lowest BCUT2D eigenvalue weighted by Gasteiger charge is -2.15. The van der Waals surface area contributed by atoms with E-state index in [0.29, 0.717) is 13.1 Å². The Morgan fingerprint density at radius 2 is 2.12 bits per heavy atom. The van der Waals surface area contributed by atoms with Crippen molar-refractivity contribution in [2.24, 2.45) is 4.99 Å². The minimum Gasteiger partial charge on any atom is -0.493 e. The van der Waals surface area contributed by atoms with Crippen LogP contribution in [-0.2, 0) is 26.1 Å². The second kappa shape index (κ2) is 8.69. The number of ether oxygens (including phenoxy) is 1. The monoisotopic (exact) mass is 356 g/mol. The molecule has 0 saturated carbocycles. The van der Waals surface area contributed by atoms with Crippen LogP contribution in [0.2, 0.25) is 0 Å². The van der Waals surface area contributed by atoms with Crippen molar-refractivity contribution in [3.05, 3.63) is 41.0 Å². The number of hydrogen-bond donors (Lipinski definition) is 2. The Morgan fingerprint density at radius 3 is 2.92 bits per heavy atom. The highest BCUT2D eigenvalue weighted by atomic mass is 16.5. The molecule has 7 nitrogen and oxygen atoms in total. The van der Waals surface area contributed by atoms with Crippen LogP contribution in [0.5, 0.6) is 5.75 Å². The predicted molar refractivity (Wildman–Crippen MR) is 102 cm³/mol. The maximum absolute atomic E-state index is 5.88. The summed E-state index contributed by atoms with van der Waals surface area (Å²) in [5.74, 6) is 3.72. The number of nitrogens with one attached hydrogen (secondary N) is 2. The van der Waals surface area contributed by atoms with Crippen LogP contribution in [0.4, 0.5) is 0 Å². The lowest BCUT2D eigenvalue weighted by molar-refractivity contribution is 0.313. The number of hydrogen-bond acceptors (Lipinski definition) is 4. The third-order valence-electron chi connectivity index (χ3n) is 4.45. The lowest BCUT2D eigenvalue weighted by Crippen LogP contribution is -2.37. The van der Waals surface area contributed by atoms with Gasteiger partial charge in [-0.2, -0.15) is 0 Å². The van der Waals surface area contributed by atoms with Crippen LogP contribution in [0.3, 0.4) is 0 Å². The van der Waals surface area contributed by atoms with Crippen molar-refractivity contribution in [2.45, 2.75) is 52.7 Å². The standard InChI is InChI=1S/C19H28N6O/c1-4-10-26-16-11-14(2)7-8-15(16)12-21-19(20-3)22-13-18-24-23-17-6-5-9-25(17)18/h7-8,11H,4-6,9-10,12-13H2,1-3H3,(H2,20,21,22). The van der Waals surface area contributed by atoms with Gasteiger partial charge < -0.3 is 19.9 Å². The number of fused-ring (bicyclic) bond motifs is 1. The van der Waals surface area contributed by atoms with Crippen LogP contribution in [0.15, 0.2) is 23.2 Å². The smallest absolute Gasteiger partial charge is 0.191 e. The Kier molecular flexibility index (Phi) is 6.09. The van der Waals surface area contributed by atoms with E-state index in [2.05, 4.69) is 62.4 Å². The second-order valence-corrected chi connectivity index (χ2v) is 6.53. The maximum atomic E-state index is 5.88. The predicted octanol–water partition coefficient (Wildman–Crippen LogP) is 2.19. The Hall–Kier alpha value is -2.57. The first kappa shape index (κ1) is 18.2. The minimum absolute atomic E-state index is 0.611. The molecule has 1 aromatic carbocycles. The van der Waals surface area contributed by atoms with Gasteiger partial charge in [0.25, 0.3) is 0 Å². The molecule has 1 aliphatic heterocycles. The molecular weight excluding hydrogens is 328 g/mol. The number of aliphatic imine (C=N–C) groups is 1. The third-order valence-corrected chi connectivity index (χ3v) is 4.45. The molecule has 0 spiro atoms. The average Bonchev–Trinajstić information content (AvgIpc) is 3.25. The van der Waals surface area contributed by atoms with Crippen molar-refractivity contribution in [2.75, 3.05) is 13.7 Å². The molecule has 7 heteroatoms. The second-order valence-electron chi connectivity index (χ2n) is 6.53. The van der Waals surface area contributed by atoms with Gasteiger partial charge in [0, 0.05) is 32.1 Å². The van der Waals surface area contributed by atoms with E-state index in [-0.39, 0.29) is 0 Å². The molecule has 0 saturated heterocycles. The van der Waals surface area contributed by atoms with E-state index >= 15 is 0 Å². The van der Waals surface area contributed by atoms with Crippen molar-refractivity contribution in [3.8, 4) is 5.75 Å². The van der Waals surface area contributed by atoms with Gasteiger partial charge in [0.1, 0.15) is 11.6 Å². The molecule has 0 atom stereocenters. The molecule has 140 valence electrons. The Bertz CT molecular complexity index is 767. The number of rotatable bonds is 7. The Morgan fingerprint density at radius 1 is 1.27 bits per heavy atom. The molecule has 0 amide bonds. The van der Waals surface area contributed by atoms with Gasteiger partial charge in [-0.3, -0.25) is 4.99 Å². The molecular formula is C19H28N6O. The van der Waals surface area contributed by atoms with Gasteiger partial charge in [-0.25, -0.2) is 0 Å². The molecule has 0 fully saturated rings. The molecule has 1 aromatic heterocycles. The number of benzene rings is 1.